The van der Waals surface area contributed by atoms with Crippen LogP contribution in [0, 0.1) is 46.3 Å². The molecule has 4 amide bonds. The van der Waals surface area contributed by atoms with E-state index < -0.39 is 35.4 Å². The lowest BCUT2D eigenvalue weighted by atomic mass is 9.49. The quantitative estimate of drug-likeness (QED) is 0.119. The third-order valence-electron chi connectivity index (χ3n) is 14.3. The first-order valence-corrected chi connectivity index (χ1v) is 25.0. The topological polar surface area (TPSA) is 177 Å². The van der Waals surface area contributed by atoms with Crippen molar-refractivity contribution >= 4 is 46.6 Å². The number of halogens is 1. The molecular formula is C54H62ClN7O7S. The Kier molecular flexibility index (Phi) is 14.3. The van der Waals surface area contributed by atoms with Gasteiger partial charge in [0.2, 0.25) is 17.7 Å². The second-order valence-corrected chi connectivity index (χ2v) is 22.7. The fraction of sp³-hybridized carbons (Fsp3) is 0.481. The summed E-state index contributed by atoms with van der Waals surface area (Å²) < 4.78 is 12.4. The molecule has 0 spiro atoms. The highest BCUT2D eigenvalue weighted by atomic mass is 35.5. The van der Waals surface area contributed by atoms with Gasteiger partial charge in [0, 0.05) is 66.7 Å². The Bertz CT molecular complexity index is 2760. The number of fused-ring (bicyclic) bond motifs is 1. The molecule has 4 heterocycles. The van der Waals surface area contributed by atoms with Gasteiger partial charge in [-0.1, -0.05) is 96.2 Å². The largest absolute Gasteiger partial charge is 0.489 e. The Morgan fingerprint density at radius 3 is 2.37 bits per heavy atom. The molecule has 0 radical (unpaired) electrons. The van der Waals surface area contributed by atoms with Gasteiger partial charge in [-0.2, -0.15) is 5.26 Å². The predicted octanol–water partition coefficient (Wildman–Crippen LogP) is 6.90. The van der Waals surface area contributed by atoms with Gasteiger partial charge in [-0.3, -0.25) is 24.1 Å². The highest BCUT2D eigenvalue weighted by Crippen LogP contribution is 2.59. The van der Waals surface area contributed by atoms with Gasteiger partial charge in [0.1, 0.15) is 36.6 Å². The number of hydrogen-bond donors (Lipinski definition) is 3. The van der Waals surface area contributed by atoms with Crippen molar-refractivity contribution in [2.24, 2.45) is 16.2 Å². The van der Waals surface area contributed by atoms with Crippen LogP contribution in [0.25, 0.3) is 10.4 Å². The summed E-state index contributed by atoms with van der Waals surface area (Å²) in [7, 11) is 0. The minimum atomic E-state index is -0.969. The van der Waals surface area contributed by atoms with E-state index in [1.165, 1.54) is 4.90 Å². The first-order valence-electron chi connectivity index (χ1n) is 23.8. The van der Waals surface area contributed by atoms with Gasteiger partial charge in [0.05, 0.1) is 51.5 Å². The van der Waals surface area contributed by atoms with E-state index in [9.17, 15) is 29.5 Å². The summed E-state index contributed by atoms with van der Waals surface area (Å²) in [5, 5.41) is 26.2. The van der Waals surface area contributed by atoms with Gasteiger partial charge in [0.25, 0.3) is 5.91 Å². The molecule has 1 unspecified atom stereocenters. The fourth-order valence-electron chi connectivity index (χ4n) is 11.1. The van der Waals surface area contributed by atoms with Crippen LogP contribution >= 0.6 is 22.9 Å². The molecule has 3 aliphatic heterocycles. The van der Waals surface area contributed by atoms with E-state index in [4.69, 9.17) is 21.1 Å². The molecule has 70 heavy (non-hydrogen) atoms. The van der Waals surface area contributed by atoms with Crippen molar-refractivity contribution in [3.63, 3.8) is 0 Å². The Labute approximate surface area is 419 Å². The van der Waals surface area contributed by atoms with E-state index in [0.717, 1.165) is 32.8 Å². The van der Waals surface area contributed by atoms with E-state index in [-0.39, 0.29) is 66.5 Å². The molecular weight excluding hydrogens is 926 g/mol. The smallest absolute Gasteiger partial charge is 0.254 e. The van der Waals surface area contributed by atoms with Gasteiger partial charge >= 0.3 is 0 Å². The van der Waals surface area contributed by atoms with Crippen LogP contribution < -0.4 is 15.4 Å². The lowest BCUT2D eigenvalue weighted by Gasteiger charge is -2.65. The number of thiazole rings is 1. The van der Waals surface area contributed by atoms with Gasteiger partial charge in [-0.15, -0.1) is 11.3 Å². The number of aliphatic hydroxyl groups is 1. The molecule has 4 aromatic rings. The van der Waals surface area contributed by atoms with Crippen molar-refractivity contribution in [1.29, 1.82) is 5.26 Å². The van der Waals surface area contributed by atoms with Crippen LogP contribution in [-0.2, 0) is 25.7 Å². The molecule has 14 nitrogen and oxygen atoms in total. The highest BCUT2D eigenvalue weighted by Gasteiger charge is 2.67. The van der Waals surface area contributed by atoms with Crippen LogP contribution in [0.4, 0.5) is 0 Å². The van der Waals surface area contributed by atoms with E-state index in [2.05, 4.69) is 66.1 Å². The minimum absolute atomic E-state index is 0.00644. The third kappa shape index (κ3) is 10.2. The summed E-state index contributed by atoms with van der Waals surface area (Å²) in [4.78, 5) is 65.9. The SMILES string of the molecule is Cc1ncsc1-c1ccc([C@H](C)NC(=O)[C@@H]2C[C@@H](O)CN2C(=O)C(NC(=O)COC2CN(CC#Cc3ccc4c(c3)CN(C3C(C)(C)C(Oc5ccc(C#N)c(Cl)c5)C3(C)C)C4=O)C2)C(C)(C)C)cc1. The van der Waals surface area contributed by atoms with Crippen molar-refractivity contribution in [2.45, 2.75) is 118 Å². The average Bonchev–Trinajstić information content (AvgIpc) is 3.99. The highest BCUT2D eigenvalue weighted by molar-refractivity contribution is 7.13. The number of likely N-dealkylation sites (tertiary alicyclic amines) is 2. The molecule has 4 aliphatic rings. The number of nitrogens with zero attached hydrogens (tertiary/aromatic N) is 5. The Morgan fingerprint density at radius 2 is 1.73 bits per heavy atom. The number of aryl methyl sites for hydroxylation is 1. The molecule has 16 heteroatoms. The number of amides is 4. The number of benzene rings is 3. The first-order chi connectivity index (χ1) is 33.1. The van der Waals surface area contributed by atoms with E-state index in [1.807, 2.05) is 87.5 Å². The van der Waals surface area contributed by atoms with Crippen LogP contribution in [-0.4, -0.2) is 118 Å². The van der Waals surface area contributed by atoms with Crippen LogP contribution in [0.3, 0.4) is 0 Å². The number of aromatic nitrogens is 1. The minimum Gasteiger partial charge on any atom is -0.489 e. The predicted molar refractivity (Wildman–Crippen MR) is 268 cm³/mol. The normalized spacial score (nSPS) is 22.4. The zero-order chi connectivity index (χ0) is 50.4. The number of nitrogens with one attached hydrogen (secondary N) is 2. The second-order valence-electron chi connectivity index (χ2n) is 21.4. The van der Waals surface area contributed by atoms with Crippen molar-refractivity contribution in [1.82, 2.24) is 30.3 Å². The Balaban J connectivity index is 0.793. The number of carbonyl (C=O) groups excluding carboxylic acids is 4. The van der Waals surface area contributed by atoms with Crippen LogP contribution in [0.1, 0.15) is 106 Å². The number of ether oxygens (including phenoxy) is 2. The lowest BCUT2D eigenvalue weighted by molar-refractivity contribution is -0.199. The number of nitriles is 1. The fourth-order valence-corrected chi connectivity index (χ4v) is 12.1. The number of carbonyl (C=O) groups is 4. The first kappa shape index (κ1) is 50.6. The van der Waals surface area contributed by atoms with Crippen molar-refractivity contribution in [3.05, 3.63) is 105 Å². The molecule has 368 valence electrons. The molecule has 0 bridgehead atoms. The summed E-state index contributed by atoms with van der Waals surface area (Å²) in [5.74, 6) is 5.83. The average molecular weight is 989 g/mol. The summed E-state index contributed by atoms with van der Waals surface area (Å²) in [5.41, 5.74) is 6.09. The van der Waals surface area contributed by atoms with Gasteiger partial charge in [0.15, 0.2) is 0 Å². The molecule has 1 aromatic heterocycles. The van der Waals surface area contributed by atoms with Crippen molar-refractivity contribution in [3.8, 4) is 34.1 Å². The molecule has 3 N–H and O–H groups in total. The summed E-state index contributed by atoms with van der Waals surface area (Å²) >= 11 is 7.87. The monoisotopic (exact) mass is 987 g/mol. The van der Waals surface area contributed by atoms with E-state index in [1.54, 1.807) is 29.5 Å². The number of rotatable bonds is 13. The molecule has 2 saturated heterocycles. The lowest BCUT2D eigenvalue weighted by Crippen LogP contribution is -2.74. The van der Waals surface area contributed by atoms with Crippen LogP contribution in [0.2, 0.25) is 5.02 Å². The van der Waals surface area contributed by atoms with Crippen LogP contribution in [0.15, 0.2) is 66.2 Å². The van der Waals surface area contributed by atoms with Gasteiger partial charge in [-0.05, 0) is 66.3 Å². The molecule has 1 saturated carbocycles. The molecule has 8 rings (SSSR count). The van der Waals surface area contributed by atoms with Crippen molar-refractivity contribution in [2.75, 3.05) is 32.8 Å². The second kappa shape index (κ2) is 19.8. The molecule has 3 fully saturated rings. The zero-order valence-electron chi connectivity index (χ0n) is 41.3. The maximum atomic E-state index is 14.2. The van der Waals surface area contributed by atoms with E-state index >= 15 is 0 Å². The summed E-state index contributed by atoms with van der Waals surface area (Å²) in [6.07, 6.45) is -1.18. The summed E-state index contributed by atoms with van der Waals surface area (Å²) in [6, 6.07) is 18.5. The van der Waals surface area contributed by atoms with Gasteiger partial charge in [-0.25, -0.2) is 4.98 Å². The maximum Gasteiger partial charge on any atom is 0.254 e. The van der Waals surface area contributed by atoms with Crippen LogP contribution in [0.5, 0.6) is 5.75 Å². The number of β-amino-alcohol motifs (C(OH)–C–C–N with tert-alkyl or cyclic N) is 1. The molecule has 4 atom stereocenters. The Hall–Kier alpha value is -5.81. The van der Waals surface area contributed by atoms with E-state index in [0.29, 0.717) is 48.1 Å². The standard InChI is InChI=1S/C54H62ClN7O7S/c1-31(34-13-15-35(16-14-34)45-32(2)57-30-70-45)58-47(65)43-22-38(63)26-61(43)49(67)46(52(3,4)5)59-44(64)29-68-40-27-60(28-40)20-10-11-33-12-19-41-37(21-33)25-62(48(41)66)50-53(6,7)51(54(50,8)9)69-39-18-17-36(24-56)42(55)23-39/h12-19,21,23,30-31,38,40,43,46,50-51,63H,20,22,25-29H2,1-9H3,(H,58,65)(H,59,64)/t31-,38+,43-,46?,50?,51?/m0/s1. The number of aliphatic hydroxyl groups excluding tert-OH is 1. The summed E-state index contributed by atoms with van der Waals surface area (Å²) in [6.45, 7) is 19.8. The Morgan fingerprint density at radius 1 is 1.01 bits per heavy atom. The molecule has 3 aromatic carbocycles. The molecule has 1 aliphatic carbocycles. The number of hydrogen-bond acceptors (Lipinski definition) is 11. The zero-order valence-corrected chi connectivity index (χ0v) is 42.8. The van der Waals surface area contributed by atoms with Crippen molar-refractivity contribution < 1.29 is 33.8 Å². The third-order valence-corrected chi connectivity index (χ3v) is 15.6. The maximum absolute atomic E-state index is 14.2. The van der Waals surface area contributed by atoms with Gasteiger partial charge < -0.3 is 35.0 Å².